The quantitative estimate of drug-likeness (QED) is 0.878. The second kappa shape index (κ2) is 5.72. The third-order valence-electron chi connectivity index (χ3n) is 4.11. The van der Waals surface area contributed by atoms with Crippen molar-refractivity contribution in [1.29, 1.82) is 0 Å². The van der Waals surface area contributed by atoms with E-state index in [-0.39, 0.29) is 5.97 Å². The Labute approximate surface area is 124 Å². The third kappa shape index (κ3) is 2.35. The van der Waals surface area contributed by atoms with E-state index in [2.05, 4.69) is 29.0 Å². The molecule has 1 aromatic heterocycles. The lowest BCUT2D eigenvalue weighted by Crippen LogP contribution is -2.18. The average Bonchev–Trinajstić information content (AvgIpc) is 2.77. The van der Waals surface area contributed by atoms with E-state index in [1.165, 1.54) is 10.9 Å². The molecule has 2 heterocycles. The van der Waals surface area contributed by atoms with Gasteiger partial charge in [0.25, 0.3) is 0 Å². The van der Waals surface area contributed by atoms with Crippen LogP contribution in [0.4, 0.5) is 0 Å². The summed E-state index contributed by atoms with van der Waals surface area (Å²) in [7, 11) is 0. The number of benzene rings is 1. The van der Waals surface area contributed by atoms with Gasteiger partial charge >= 0.3 is 5.97 Å². The van der Waals surface area contributed by atoms with Gasteiger partial charge in [-0.25, -0.2) is 0 Å². The standard InChI is InChI=1S/C17H20N2O2/c1-3-11-9-18-10-13(17(20)21-4-2)16-15(11)12-7-5-6-8-14(12)19-16/h5-8,10-11,13,19H,3-4,9H2,1-2H3. The molecular weight excluding hydrogens is 264 g/mol. The molecule has 0 fully saturated rings. The van der Waals surface area contributed by atoms with Gasteiger partial charge < -0.3 is 9.72 Å². The second-order valence-corrected chi connectivity index (χ2v) is 5.35. The SMILES string of the molecule is CCOC(=O)C1C=NCC(CC)c2c1[nH]c1ccccc21. The van der Waals surface area contributed by atoms with Gasteiger partial charge in [0.2, 0.25) is 0 Å². The number of rotatable bonds is 3. The number of ether oxygens (including phenoxy) is 1. The lowest BCUT2D eigenvalue weighted by Gasteiger charge is -2.14. The van der Waals surface area contributed by atoms with Crippen molar-refractivity contribution in [3.63, 3.8) is 0 Å². The molecule has 2 atom stereocenters. The number of carbonyl (C=O) groups excluding carboxylic acids is 1. The molecule has 0 bridgehead atoms. The van der Waals surface area contributed by atoms with Crippen LogP contribution in [0, 0.1) is 0 Å². The fraction of sp³-hybridized carbons (Fsp3) is 0.412. The maximum Gasteiger partial charge on any atom is 0.320 e. The van der Waals surface area contributed by atoms with Gasteiger partial charge in [-0.15, -0.1) is 0 Å². The molecule has 0 spiro atoms. The highest BCUT2D eigenvalue weighted by Gasteiger charge is 2.30. The monoisotopic (exact) mass is 284 g/mol. The molecule has 2 aromatic rings. The Bertz CT molecular complexity index is 687. The van der Waals surface area contributed by atoms with Crippen LogP contribution in [0.3, 0.4) is 0 Å². The molecule has 4 nitrogen and oxygen atoms in total. The highest BCUT2D eigenvalue weighted by atomic mass is 16.5. The van der Waals surface area contributed by atoms with Gasteiger partial charge in [-0.1, -0.05) is 25.1 Å². The maximum absolute atomic E-state index is 12.3. The van der Waals surface area contributed by atoms with Gasteiger partial charge in [-0.3, -0.25) is 9.79 Å². The smallest absolute Gasteiger partial charge is 0.320 e. The van der Waals surface area contributed by atoms with Crippen LogP contribution in [-0.4, -0.2) is 30.3 Å². The number of esters is 1. The van der Waals surface area contributed by atoms with E-state index in [0.29, 0.717) is 12.5 Å². The molecule has 0 amide bonds. The van der Waals surface area contributed by atoms with Gasteiger partial charge in [0, 0.05) is 35.3 Å². The van der Waals surface area contributed by atoms with E-state index in [1.54, 1.807) is 6.21 Å². The molecule has 4 heteroatoms. The minimum Gasteiger partial charge on any atom is -0.465 e. The lowest BCUT2D eigenvalue weighted by atomic mass is 9.91. The van der Waals surface area contributed by atoms with E-state index in [1.807, 2.05) is 19.1 Å². The minimum absolute atomic E-state index is 0.231. The molecule has 0 radical (unpaired) electrons. The Kier molecular flexibility index (Phi) is 3.78. The van der Waals surface area contributed by atoms with Crippen molar-refractivity contribution in [2.75, 3.05) is 13.2 Å². The first-order chi connectivity index (χ1) is 10.3. The highest BCUT2D eigenvalue weighted by molar-refractivity contribution is 5.99. The number of aliphatic imine (C=N–C) groups is 1. The van der Waals surface area contributed by atoms with Crippen molar-refractivity contribution in [1.82, 2.24) is 4.98 Å². The number of para-hydroxylation sites is 1. The number of aromatic nitrogens is 1. The number of hydrogen-bond acceptors (Lipinski definition) is 3. The van der Waals surface area contributed by atoms with Crippen molar-refractivity contribution in [3.05, 3.63) is 35.5 Å². The maximum atomic E-state index is 12.3. The molecule has 1 aliphatic rings. The van der Waals surface area contributed by atoms with E-state index >= 15 is 0 Å². The molecule has 21 heavy (non-hydrogen) atoms. The fourth-order valence-corrected chi connectivity index (χ4v) is 3.07. The summed E-state index contributed by atoms with van der Waals surface area (Å²) in [6, 6.07) is 8.21. The Morgan fingerprint density at radius 2 is 2.19 bits per heavy atom. The zero-order valence-electron chi connectivity index (χ0n) is 12.4. The Hall–Kier alpha value is -2.10. The Morgan fingerprint density at radius 3 is 2.95 bits per heavy atom. The van der Waals surface area contributed by atoms with Crippen molar-refractivity contribution in [3.8, 4) is 0 Å². The van der Waals surface area contributed by atoms with Gasteiger partial charge in [0.05, 0.1) is 6.61 Å². The topological polar surface area (TPSA) is 54.4 Å². The van der Waals surface area contributed by atoms with Crippen molar-refractivity contribution in [2.24, 2.45) is 4.99 Å². The van der Waals surface area contributed by atoms with Crippen LogP contribution < -0.4 is 0 Å². The molecular formula is C17H20N2O2. The predicted molar refractivity (Wildman–Crippen MR) is 84.1 cm³/mol. The second-order valence-electron chi connectivity index (χ2n) is 5.35. The minimum atomic E-state index is -0.427. The Morgan fingerprint density at radius 1 is 1.38 bits per heavy atom. The van der Waals surface area contributed by atoms with Crippen LogP contribution in [0.5, 0.6) is 0 Å². The molecule has 110 valence electrons. The average molecular weight is 284 g/mol. The summed E-state index contributed by atoms with van der Waals surface area (Å²) >= 11 is 0. The van der Waals surface area contributed by atoms with Crippen LogP contribution in [0.2, 0.25) is 0 Å². The molecule has 1 aliphatic heterocycles. The van der Waals surface area contributed by atoms with Crippen LogP contribution in [0.1, 0.15) is 43.4 Å². The number of nitrogens with zero attached hydrogens (tertiary/aromatic N) is 1. The number of nitrogens with one attached hydrogen (secondary N) is 1. The van der Waals surface area contributed by atoms with Gasteiger partial charge in [0.1, 0.15) is 5.92 Å². The number of H-pyrrole nitrogens is 1. The zero-order chi connectivity index (χ0) is 14.8. The van der Waals surface area contributed by atoms with E-state index in [0.717, 1.165) is 24.2 Å². The summed E-state index contributed by atoms with van der Waals surface area (Å²) in [4.78, 5) is 20.1. The third-order valence-corrected chi connectivity index (χ3v) is 4.11. The van der Waals surface area contributed by atoms with Gasteiger partial charge in [0.15, 0.2) is 0 Å². The summed E-state index contributed by atoms with van der Waals surface area (Å²) in [5, 5.41) is 1.19. The number of hydrogen-bond donors (Lipinski definition) is 1. The molecule has 2 unspecified atom stereocenters. The fourth-order valence-electron chi connectivity index (χ4n) is 3.07. The number of aromatic amines is 1. The van der Waals surface area contributed by atoms with Crippen LogP contribution >= 0.6 is 0 Å². The van der Waals surface area contributed by atoms with Crippen LogP contribution in [-0.2, 0) is 9.53 Å². The first kappa shape index (κ1) is 13.9. The lowest BCUT2D eigenvalue weighted by molar-refractivity contribution is -0.143. The van der Waals surface area contributed by atoms with Crippen LogP contribution in [0.15, 0.2) is 29.3 Å². The van der Waals surface area contributed by atoms with Crippen molar-refractivity contribution >= 4 is 23.1 Å². The summed E-state index contributed by atoms with van der Waals surface area (Å²) in [6.07, 6.45) is 2.74. The predicted octanol–water partition coefficient (Wildman–Crippen LogP) is 3.39. The summed E-state index contributed by atoms with van der Waals surface area (Å²) in [5.74, 6) is -0.318. The van der Waals surface area contributed by atoms with Gasteiger partial charge in [-0.05, 0) is 25.0 Å². The van der Waals surface area contributed by atoms with Crippen LogP contribution in [0.25, 0.3) is 10.9 Å². The molecule has 0 aliphatic carbocycles. The summed E-state index contributed by atoms with van der Waals surface area (Å²) in [5.41, 5.74) is 3.25. The zero-order valence-corrected chi connectivity index (χ0v) is 12.4. The first-order valence-electron chi connectivity index (χ1n) is 7.53. The molecule has 3 rings (SSSR count). The summed E-state index contributed by atoms with van der Waals surface area (Å²) in [6.45, 7) is 5.10. The molecule has 1 aromatic carbocycles. The van der Waals surface area contributed by atoms with Crippen molar-refractivity contribution in [2.45, 2.75) is 32.1 Å². The normalized spacial score (nSPS) is 21.0. The number of fused-ring (bicyclic) bond motifs is 3. The first-order valence-corrected chi connectivity index (χ1v) is 7.53. The van der Waals surface area contributed by atoms with E-state index in [4.69, 9.17) is 4.74 Å². The van der Waals surface area contributed by atoms with Crippen molar-refractivity contribution < 1.29 is 9.53 Å². The largest absolute Gasteiger partial charge is 0.465 e. The van der Waals surface area contributed by atoms with E-state index in [9.17, 15) is 4.79 Å². The Balaban J connectivity index is 2.18. The number of carbonyl (C=O) groups is 1. The van der Waals surface area contributed by atoms with Gasteiger partial charge in [-0.2, -0.15) is 0 Å². The molecule has 0 saturated carbocycles. The summed E-state index contributed by atoms with van der Waals surface area (Å²) < 4.78 is 5.21. The highest BCUT2D eigenvalue weighted by Crippen LogP contribution is 2.37. The molecule has 1 N–H and O–H groups in total. The molecule has 0 saturated heterocycles. The van der Waals surface area contributed by atoms with E-state index < -0.39 is 5.92 Å².